The Morgan fingerprint density at radius 3 is 1.70 bits per heavy atom. The standard InChI is InChI=1S/C26H29N3O/c1-21(26(30)29-19-17-28(18-20-29)24-15-9-4-10-16-24)27-25(22-11-5-2-6-12-22)23-13-7-3-8-14-23/h2-16,21,25,27H,17-20H2,1H3/t21-/m0/s1. The highest BCUT2D eigenvalue weighted by Crippen LogP contribution is 2.23. The summed E-state index contributed by atoms with van der Waals surface area (Å²) in [5.41, 5.74) is 3.55. The minimum absolute atomic E-state index is 0.0167. The zero-order chi connectivity index (χ0) is 20.8. The van der Waals surface area contributed by atoms with Gasteiger partial charge in [-0.3, -0.25) is 10.1 Å². The Bertz CT molecular complexity index is 883. The zero-order valence-electron chi connectivity index (χ0n) is 17.4. The van der Waals surface area contributed by atoms with Crippen molar-refractivity contribution < 1.29 is 4.79 Å². The molecule has 1 heterocycles. The third-order valence-corrected chi connectivity index (χ3v) is 5.77. The Hall–Kier alpha value is -3.11. The van der Waals surface area contributed by atoms with Crippen molar-refractivity contribution in [1.29, 1.82) is 0 Å². The first-order chi connectivity index (χ1) is 14.7. The first-order valence-electron chi connectivity index (χ1n) is 10.7. The van der Waals surface area contributed by atoms with Crippen LogP contribution in [0.15, 0.2) is 91.0 Å². The average Bonchev–Trinajstić information content (AvgIpc) is 2.83. The number of benzene rings is 3. The van der Waals surface area contributed by atoms with Crippen LogP contribution in [-0.4, -0.2) is 43.0 Å². The molecule has 0 unspecified atom stereocenters. The van der Waals surface area contributed by atoms with Crippen LogP contribution in [0.3, 0.4) is 0 Å². The minimum Gasteiger partial charge on any atom is -0.368 e. The van der Waals surface area contributed by atoms with Crippen LogP contribution in [0.2, 0.25) is 0 Å². The summed E-state index contributed by atoms with van der Waals surface area (Å²) in [6.07, 6.45) is 0. The molecule has 1 fully saturated rings. The van der Waals surface area contributed by atoms with Crippen molar-refractivity contribution in [2.75, 3.05) is 31.1 Å². The highest BCUT2D eigenvalue weighted by Gasteiger charge is 2.27. The van der Waals surface area contributed by atoms with E-state index in [1.54, 1.807) is 0 Å². The van der Waals surface area contributed by atoms with Gasteiger partial charge in [0.2, 0.25) is 5.91 Å². The van der Waals surface area contributed by atoms with E-state index in [4.69, 9.17) is 0 Å². The molecule has 1 saturated heterocycles. The molecule has 4 nitrogen and oxygen atoms in total. The molecule has 0 radical (unpaired) electrons. The number of anilines is 1. The van der Waals surface area contributed by atoms with E-state index in [0.717, 1.165) is 37.3 Å². The molecule has 0 bridgehead atoms. The van der Waals surface area contributed by atoms with Crippen LogP contribution in [0.4, 0.5) is 5.69 Å². The van der Waals surface area contributed by atoms with Crippen LogP contribution in [0, 0.1) is 0 Å². The largest absolute Gasteiger partial charge is 0.368 e. The zero-order valence-corrected chi connectivity index (χ0v) is 17.4. The number of nitrogens with one attached hydrogen (secondary N) is 1. The molecule has 0 aromatic heterocycles. The van der Waals surface area contributed by atoms with Crippen LogP contribution in [0.5, 0.6) is 0 Å². The second kappa shape index (κ2) is 9.59. The SMILES string of the molecule is C[C@H](NC(c1ccccc1)c1ccccc1)C(=O)N1CCN(c2ccccc2)CC1. The summed E-state index contributed by atoms with van der Waals surface area (Å²) >= 11 is 0. The van der Waals surface area contributed by atoms with E-state index in [1.165, 1.54) is 5.69 Å². The maximum absolute atomic E-state index is 13.2. The predicted octanol–water partition coefficient (Wildman–Crippen LogP) is 4.10. The molecule has 154 valence electrons. The maximum atomic E-state index is 13.2. The molecule has 1 amide bonds. The second-order valence-corrected chi connectivity index (χ2v) is 7.79. The van der Waals surface area contributed by atoms with E-state index in [0.29, 0.717) is 0 Å². The molecule has 4 rings (SSSR count). The third-order valence-electron chi connectivity index (χ3n) is 5.77. The molecule has 3 aromatic carbocycles. The van der Waals surface area contributed by atoms with E-state index >= 15 is 0 Å². The van der Waals surface area contributed by atoms with Crippen LogP contribution >= 0.6 is 0 Å². The summed E-state index contributed by atoms with van der Waals surface area (Å²) in [7, 11) is 0. The van der Waals surface area contributed by atoms with Gasteiger partial charge in [-0.1, -0.05) is 78.9 Å². The van der Waals surface area contributed by atoms with Crippen LogP contribution < -0.4 is 10.2 Å². The van der Waals surface area contributed by atoms with E-state index < -0.39 is 0 Å². The summed E-state index contributed by atoms with van der Waals surface area (Å²) in [6, 6.07) is 30.8. The summed E-state index contributed by atoms with van der Waals surface area (Å²) < 4.78 is 0. The summed E-state index contributed by atoms with van der Waals surface area (Å²) in [5.74, 6) is 0.166. The fourth-order valence-corrected chi connectivity index (χ4v) is 4.09. The molecule has 0 saturated carbocycles. The molecule has 1 aliphatic heterocycles. The number of rotatable bonds is 6. The lowest BCUT2D eigenvalue weighted by molar-refractivity contribution is -0.133. The Kier molecular flexibility index (Phi) is 6.45. The topological polar surface area (TPSA) is 35.6 Å². The van der Waals surface area contributed by atoms with Gasteiger partial charge in [0, 0.05) is 31.9 Å². The van der Waals surface area contributed by atoms with Crippen LogP contribution in [-0.2, 0) is 4.79 Å². The molecule has 1 atom stereocenters. The predicted molar refractivity (Wildman–Crippen MR) is 123 cm³/mol. The van der Waals surface area contributed by atoms with Crippen molar-refractivity contribution in [3.05, 3.63) is 102 Å². The van der Waals surface area contributed by atoms with Gasteiger partial charge in [-0.2, -0.15) is 0 Å². The van der Waals surface area contributed by atoms with Gasteiger partial charge < -0.3 is 9.80 Å². The number of amides is 1. The van der Waals surface area contributed by atoms with Crippen molar-refractivity contribution in [3.63, 3.8) is 0 Å². The highest BCUT2D eigenvalue weighted by molar-refractivity contribution is 5.82. The molecule has 4 heteroatoms. The lowest BCUT2D eigenvalue weighted by atomic mass is 9.98. The van der Waals surface area contributed by atoms with Gasteiger partial charge in [-0.15, -0.1) is 0 Å². The minimum atomic E-state index is -0.265. The third kappa shape index (κ3) is 4.71. The van der Waals surface area contributed by atoms with Crippen molar-refractivity contribution >= 4 is 11.6 Å². The number of carbonyl (C=O) groups excluding carboxylic acids is 1. The molecule has 0 aliphatic carbocycles. The summed E-state index contributed by atoms with van der Waals surface area (Å²) in [5, 5.41) is 3.58. The number of nitrogens with zero attached hydrogens (tertiary/aromatic N) is 2. The lowest BCUT2D eigenvalue weighted by Crippen LogP contribution is -2.54. The molecule has 1 aliphatic rings. The van der Waals surface area contributed by atoms with Crippen LogP contribution in [0.25, 0.3) is 0 Å². The van der Waals surface area contributed by atoms with Crippen molar-refractivity contribution in [3.8, 4) is 0 Å². The van der Waals surface area contributed by atoms with Gasteiger partial charge in [-0.05, 0) is 30.2 Å². The van der Waals surface area contributed by atoms with Gasteiger partial charge >= 0.3 is 0 Å². The quantitative estimate of drug-likeness (QED) is 0.678. The molecular weight excluding hydrogens is 370 g/mol. The van der Waals surface area contributed by atoms with Gasteiger partial charge in [-0.25, -0.2) is 0 Å². The smallest absolute Gasteiger partial charge is 0.239 e. The van der Waals surface area contributed by atoms with Crippen molar-refractivity contribution in [2.24, 2.45) is 0 Å². The number of para-hydroxylation sites is 1. The van der Waals surface area contributed by atoms with E-state index in [1.807, 2.05) is 54.3 Å². The maximum Gasteiger partial charge on any atom is 0.239 e. The fourth-order valence-electron chi connectivity index (χ4n) is 4.09. The monoisotopic (exact) mass is 399 g/mol. The first kappa shape index (κ1) is 20.2. The Balaban J connectivity index is 1.42. The summed E-state index contributed by atoms with van der Waals surface area (Å²) in [6.45, 7) is 5.21. The van der Waals surface area contributed by atoms with Gasteiger partial charge in [0.25, 0.3) is 0 Å². The van der Waals surface area contributed by atoms with Crippen molar-refractivity contribution in [1.82, 2.24) is 10.2 Å². The van der Waals surface area contributed by atoms with Crippen LogP contribution in [0.1, 0.15) is 24.1 Å². The molecule has 0 spiro atoms. The summed E-state index contributed by atoms with van der Waals surface area (Å²) in [4.78, 5) is 17.5. The number of hydrogen-bond acceptors (Lipinski definition) is 3. The van der Waals surface area contributed by atoms with E-state index in [-0.39, 0.29) is 18.0 Å². The van der Waals surface area contributed by atoms with Gasteiger partial charge in [0.05, 0.1) is 12.1 Å². The Labute approximate surface area is 179 Å². The number of piperazine rings is 1. The normalized spacial score (nSPS) is 15.3. The second-order valence-electron chi connectivity index (χ2n) is 7.79. The molecule has 3 aromatic rings. The molecular formula is C26H29N3O. The van der Waals surface area contributed by atoms with Crippen molar-refractivity contribution in [2.45, 2.75) is 19.0 Å². The highest BCUT2D eigenvalue weighted by atomic mass is 16.2. The first-order valence-corrected chi connectivity index (χ1v) is 10.7. The lowest BCUT2D eigenvalue weighted by Gasteiger charge is -2.37. The number of hydrogen-bond donors (Lipinski definition) is 1. The number of carbonyl (C=O) groups is 1. The Morgan fingerprint density at radius 1 is 0.733 bits per heavy atom. The fraction of sp³-hybridized carbons (Fsp3) is 0.269. The van der Waals surface area contributed by atoms with Gasteiger partial charge in [0.15, 0.2) is 0 Å². The van der Waals surface area contributed by atoms with E-state index in [2.05, 4.69) is 58.7 Å². The van der Waals surface area contributed by atoms with Gasteiger partial charge in [0.1, 0.15) is 0 Å². The Morgan fingerprint density at radius 2 is 1.20 bits per heavy atom. The molecule has 1 N–H and O–H groups in total. The molecule has 30 heavy (non-hydrogen) atoms. The average molecular weight is 400 g/mol. The van der Waals surface area contributed by atoms with E-state index in [9.17, 15) is 4.79 Å².